The van der Waals surface area contributed by atoms with Gasteiger partial charge in [0.05, 0.1) is 56.3 Å². The lowest BCUT2D eigenvalue weighted by Crippen LogP contribution is -2.29. The zero-order valence-corrected chi connectivity index (χ0v) is 22.5. The smallest absolute Gasteiger partial charge is 0.300 e. The van der Waals surface area contributed by atoms with Gasteiger partial charge in [-0.3, -0.25) is 14.5 Å². The van der Waals surface area contributed by atoms with Crippen LogP contribution < -0.4 is 23.8 Å². The minimum atomic E-state index is -0.955. The molecular formula is C29H28ClNO7. The van der Waals surface area contributed by atoms with Gasteiger partial charge >= 0.3 is 0 Å². The number of aliphatic hydroxyl groups excluding tert-OH is 1. The molecule has 0 bridgehead atoms. The lowest BCUT2D eigenvalue weighted by molar-refractivity contribution is -0.132. The van der Waals surface area contributed by atoms with E-state index in [2.05, 4.69) is 0 Å². The summed E-state index contributed by atoms with van der Waals surface area (Å²) >= 11 is 6.35. The van der Waals surface area contributed by atoms with E-state index in [0.29, 0.717) is 28.5 Å². The second-order valence-corrected chi connectivity index (χ2v) is 8.93. The van der Waals surface area contributed by atoms with Crippen LogP contribution in [-0.4, -0.2) is 45.2 Å². The highest BCUT2D eigenvalue weighted by atomic mass is 35.5. The maximum atomic E-state index is 13.6. The summed E-state index contributed by atoms with van der Waals surface area (Å²) in [6.45, 7) is 2.03. The van der Waals surface area contributed by atoms with Crippen LogP contribution in [0.15, 0.2) is 60.2 Å². The number of ketones is 1. The number of hydrogen-bond donors (Lipinski definition) is 1. The van der Waals surface area contributed by atoms with Gasteiger partial charge in [0.25, 0.3) is 11.7 Å². The Morgan fingerprint density at radius 3 is 2.00 bits per heavy atom. The second kappa shape index (κ2) is 11.1. The number of rotatable bonds is 8. The molecule has 0 aliphatic carbocycles. The fourth-order valence-electron chi connectivity index (χ4n) is 4.47. The first-order chi connectivity index (χ1) is 18.3. The molecule has 198 valence electrons. The molecule has 3 aromatic carbocycles. The molecule has 1 saturated heterocycles. The number of Topliss-reactive ketones (excluding diaryl/α,β-unsaturated/α-hetero) is 1. The summed E-state index contributed by atoms with van der Waals surface area (Å²) in [5, 5.41) is 11.8. The molecule has 1 N–H and O–H groups in total. The number of amides is 1. The third-order valence-electron chi connectivity index (χ3n) is 6.49. The van der Waals surface area contributed by atoms with Crippen LogP contribution in [0.2, 0.25) is 5.02 Å². The number of hydrogen-bond acceptors (Lipinski definition) is 7. The van der Waals surface area contributed by atoms with E-state index in [1.54, 1.807) is 18.2 Å². The van der Waals surface area contributed by atoms with E-state index < -0.39 is 23.5 Å². The van der Waals surface area contributed by atoms with Crippen molar-refractivity contribution in [3.05, 3.63) is 81.9 Å². The first-order valence-electron chi connectivity index (χ1n) is 11.8. The van der Waals surface area contributed by atoms with Crippen molar-refractivity contribution in [2.75, 3.05) is 33.3 Å². The summed E-state index contributed by atoms with van der Waals surface area (Å²) < 4.78 is 21.5. The third-order valence-corrected chi connectivity index (χ3v) is 6.79. The fraction of sp³-hybridized carbons (Fsp3) is 0.241. The number of carbonyl (C=O) groups excluding carboxylic acids is 2. The number of aliphatic hydroxyl groups is 1. The number of nitrogens with zero attached hydrogens (tertiary/aromatic N) is 1. The number of aryl methyl sites for hydroxylation is 1. The van der Waals surface area contributed by atoms with Gasteiger partial charge in [-0.1, -0.05) is 42.8 Å². The second-order valence-electron chi connectivity index (χ2n) is 8.52. The molecule has 0 aromatic heterocycles. The van der Waals surface area contributed by atoms with Gasteiger partial charge in [-0.05, 0) is 23.6 Å². The predicted octanol–water partition coefficient (Wildman–Crippen LogP) is 5.56. The Balaban J connectivity index is 2.00. The van der Waals surface area contributed by atoms with Crippen LogP contribution in [0.25, 0.3) is 5.76 Å². The van der Waals surface area contributed by atoms with Crippen LogP contribution in [-0.2, 0) is 16.0 Å². The van der Waals surface area contributed by atoms with Gasteiger partial charge in [0, 0.05) is 24.3 Å². The molecule has 1 aliphatic rings. The molecule has 1 atom stereocenters. The minimum absolute atomic E-state index is 0.111. The topological polar surface area (TPSA) is 94.5 Å². The Morgan fingerprint density at radius 2 is 1.47 bits per heavy atom. The van der Waals surface area contributed by atoms with E-state index in [-0.39, 0.29) is 21.9 Å². The fourth-order valence-corrected chi connectivity index (χ4v) is 4.71. The van der Waals surface area contributed by atoms with Crippen molar-refractivity contribution in [2.45, 2.75) is 19.4 Å². The molecule has 4 rings (SSSR count). The Bertz CT molecular complexity index is 1390. The van der Waals surface area contributed by atoms with Gasteiger partial charge < -0.3 is 24.1 Å². The maximum Gasteiger partial charge on any atom is 0.300 e. The van der Waals surface area contributed by atoms with E-state index in [1.807, 2.05) is 31.2 Å². The molecular weight excluding hydrogens is 510 g/mol. The Hall–Kier alpha value is -4.17. The molecule has 1 aliphatic heterocycles. The van der Waals surface area contributed by atoms with Gasteiger partial charge in [0.2, 0.25) is 0 Å². The lowest BCUT2D eigenvalue weighted by Gasteiger charge is -2.26. The van der Waals surface area contributed by atoms with E-state index in [0.717, 1.165) is 12.0 Å². The Morgan fingerprint density at radius 1 is 0.868 bits per heavy atom. The Labute approximate surface area is 225 Å². The van der Waals surface area contributed by atoms with Crippen molar-refractivity contribution in [2.24, 2.45) is 0 Å². The van der Waals surface area contributed by atoms with E-state index >= 15 is 0 Å². The van der Waals surface area contributed by atoms with E-state index in [1.165, 1.54) is 45.5 Å². The number of anilines is 1. The average molecular weight is 538 g/mol. The molecule has 3 aromatic rings. The molecule has 8 nitrogen and oxygen atoms in total. The summed E-state index contributed by atoms with van der Waals surface area (Å²) in [6.07, 6.45) is 0.815. The first kappa shape index (κ1) is 26.9. The first-order valence-corrected chi connectivity index (χ1v) is 12.2. The Kier molecular flexibility index (Phi) is 7.83. The van der Waals surface area contributed by atoms with Crippen LogP contribution in [0.5, 0.6) is 23.0 Å². The SMILES string of the molecule is CCc1ccc(C2/C(=C(\O)c3cc(Cl)c(OC)cc3OC)C(=O)C(=O)N2c2cc(OC)cc(OC)c2)cc1. The highest BCUT2D eigenvalue weighted by Crippen LogP contribution is 2.46. The summed E-state index contributed by atoms with van der Waals surface area (Å²) in [7, 11) is 5.86. The summed E-state index contributed by atoms with van der Waals surface area (Å²) in [5.74, 6) is -0.678. The van der Waals surface area contributed by atoms with E-state index in [4.69, 9.17) is 30.5 Å². The maximum absolute atomic E-state index is 13.6. The highest BCUT2D eigenvalue weighted by Gasteiger charge is 2.47. The molecule has 0 spiro atoms. The van der Waals surface area contributed by atoms with Crippen molar-refractivity contribution in [1.29, 1.82) is 0 Å². The van der Waals surface area contributed by atoms with Crippen molar-refractivity contribution < 1.29 is 33.6 Å². The zero-order chi connectivity index (χ0) is 27.6. The third kappa shape index (κ3) is 4.75. The average Bonchev–Trinajstić information content (AvgIpc) is 3.21. The standard InChI is InChI=1S/C29H28ClNO7/c1-6-16-7-9-17(10-8-16)26-25(27(32)21-14-22(30)24(38-5)15-23(21)37-4)28(33)29(34)31(26)18-11-19(35-2)13-20(12-18)36-3/h7-15,26,32H,6H2,1-5H3/b27-25+. The summed E-state index contributed by atoms with van der Waals surface area (Å²) in [5.41, 5.74) is 2.11. The highest BCUT2D eigenvalue weighted by molar-refractivity contribution is 6.51. The number of benzene rings is 3. The van der Waals surface area contributed by atoms with Gasteiger partial charge in [-0.2, -0.15) is 0 Å². The van der Waals surface area contributed by atoms with Gasteiger partial charge in [-0.15, -0.1) is 0 Å². The van der Waals surface area contributed by atoms with Crippen LogP contribution in [0.4, 0.5) is 5.69 Å². The molecule has 0 radical (unpaired) electrons. The number of halogens is 1. The van der Waals surface area contributed by atoms with Crippen LogP contribution >= 0.6 is 11.6 Å². The monoisotopic (exact) mass is 537 g/mol. The van der Waals surface area contributed by atoms with E-state index in [9.17, 15) is 14.7 Å². The number of ether oxygens (including phenoxy) is 4. The van der Waals surface area contributed by atoms with Gasteiger partial charge in [0.15, 0.2) is 0 Å². The number of methoxy groups -OCH3 is 4. The van der Waals surface area contributed by atoms with Crippen LogP contribution in [0, 0.1) is 0 Å². The van der Waals surface area contributed by atoms with Gasteiger partial charge in [-0.25, -0.2) is 0 Å². The number of carbonyl (C=O) groups is 2. The molecule has 9 heteroatoms. The van der Waals surface area contributed by atoms with Crippen molar-refractivity contribution in [1.82, 2.24) is 0 Å². The van der Waals surface area contributed by atoms with Gasteiger partial charge in [0.1, 0.15) is 28.8 Å². The summed E-state index contributed by atoms with van der Waals surface area (Å²) in [4.78, 5) is 28.4. The van der Waals surface area contributed by atoms with Crippen molar-refractivity contribution in [3.8, 4) is 23.0 Å². The lowest BCUT2D eigenvalue weighted by atomic mass is 9.94. The molecule has 0 saturated carbocycles. The molecule has 38 heavy (non-hydrogen) atoms. The van der Waals surface area contributed by atoms with Crippen LogP contribution in [0.3, 0.4) is 0 Å². The predicted molar refractivity (Wildman–Crippen MR) is 145 cm³/mol. The van der Waals surface area contributed by atoms with Crippen molar-refractivity contribution in [3.63, 3.8) is 0 Å². The molecule has 1 amide bonds. The molecule has 1 heterocycles. The zero-order valence-electron chi connectivity index (χ0n) is 21.7. The normalized spacial score (nSPS) is 16.5. The summed E-state index contributed by atoms with van der Waals surface area (Å²) in [6, 6.07) is 14.4. The minimum Gasteiger partial charge on any atom is -0.507 e. The largest absolute Gasteiger partial charge is 0.507 e. The quantitative estimate of drug-likeness (QED) is 0.228. The molecule has 1 unspecified atom stereocenters. The molecule has 1 fully saturated rings. The van der Waals surface area contributed by atoms with Crippen molar-refractivity contribution >= 4 is 34.7 Å². The van der Waals surface area contributed by atoms with Crippen LogP contribution in [0.1, 0.15) is 29.7 Å².